The highest BCUT2D eigenvalue weighted by molar-refractivity contribution is 5.69. The van der Waals surface area contributed by atoms with Crippen molar-refractivity contribution >= 4 is 11.2 Å². The van der Waals surface area contributed by atoms with Crippen LogP contribution in [0.15, 0.2) is 18.6 Å². The summed E-state index contributed by atoms with van der Waals surface area (Å²) in [6, 6.07) is 2.40. The molecule has 2 aliphatic rings. The third-order valence-electron chi connectivity index (χ3n) is 4.47. The predicted molar refractivity (Wildman–Crippen MR) is 72.8 cm³/mol. The number of hydrogen-bond donors (Lipinski definition) is 1. The van der Waals surface area contributed by atoms with Crippen molar-refractivity contribution in [1.82, 2.24) is 25.1 Å². The first-order valence-electron chi connectivity index (χ1n) is 7.01. The fourth-order valence-electron chi connectivity index (χ4n) is 3.66. The van der Waals surface area contributed by atoms with Crippen LogP contribution in [0.25, 0.3) is 11.2 Å². The van der Waals surface area contributed by atoms with Gasteiger partial charge in [-0.25, -0.2) is 4.98 Å². The van der Waals surface area contributed by atoms with Crippen LogP contribution in [-0.2, 0) is 0 Å². The maximum Gasteiger partial charge on any atom is 0.182 e. The summed E-state index contributed by atoms with van der Waals surface area (Å²) in [6.45, 7) is 4.59. The van der Waals surface area contributed by atoms with E-state index in [2.05, 4.69) is 38.9 Å². The summed E-state index contributed by atoms with van der Waals surface area (Å²) in [5, 5.41) is 12.1. The molecule has 0 amide bonds. The Hall–Kier alpha value is -1.49. The van der Waals surface area contributed by atoms with Crippen LogP contribution in [0.3, 0.4) is 0 Å². The minimum atomic E-state index is 0.179. The smallest absolute Gasteiger partial charge is 0.182 e. The van der Waals surface area contributed by atoms with Gasteiger partial charge < -0.3 is 9.88 Å². The molecular weight excluding hydrogens is 238 g/mol. The molecule has 1 spiro atoms. The van der Waals surface area contributed by atoms with Crippen LogP contribution in [0.1, 0.15) is 45.6 Å². The van der Waals surface area contributed by atoms with E-state index in [1.54, 1.807) is 6.20 Å². The summed E-state index contributed by atoms with van der Waals surface area (Å²) in [5.74, 6) is 0. The van der Waals surface area contributed by atoms with Crippen molar-refractivity contribution in [2.24, 2.45) is 0 Å². The van der Waals surface area contributed by atoms with Crippen LogP contribution in [-0.4, -0.2) is 30.8 Å². The number of aromatic nitrogens is 4. The van der Waals surface area contributed by atoms with Gasteiger partial charge in [-0.1, -0.05) is 0 Å². The molecule has 1 aliphatic heterocycles. The maximum absolute atomic E-state index is 4.45. The SMILES string of the molecule is CC1(C)C[C@H](n2cnc3ccnnc32)CC2(CC2)N1. The topological polar surface area (TPSA) is 55.6 Å². The zero-order valence-corrected chi connectivity index (χ0v) is 11.4. The number of fused-ring (bicyclic) bond motifs is 1. The van der Waals surface area contributed by atoms with E-state index >= 15 is 0 Å². The molecular formula is C14H19N5. The van der Waals surface area contributed by atoms with Crippen LogP contribution in [0.5, 0.6) is 0 Å². The second-order valence-corrected chi connectivity index (χ2v) is 6.74. The molecule has 3 heterocycles. The summed E-state index contributed by atoms with van der Waals surface area (Å²) in [7, 11) is 0. The standard InChI is InChI=1S/C14H19N5/c1-13(2)7-10(8-14(18-13)4-5-14)19-9-15-11-3-6-16-17-12(11)19/h3,6,9-10,18H,4-5,7-8H2,1-2H3/t10-/m0/s1. The van der Waals surface area contributed by atoms with Crippen molar-refractivity contribution in [2.75, 3.05) is 0 Å². The van der Waals surface area contributed by atoms with Crippen LogP contribution in [0.2, 0.25) is 0 Å². The first kappa shape index (κ1) is 11.3. The normalized spacial score (nSPS) is 27.8. The van der Waals surface area contributed by atoms with Gasteiger partial charge in [-0.05, 0) is 45.6 Å². The van der Waals surface area contributed by atoms with Crippen LogP contribution in [0.4, 0.5) is 0 Å². The average Bonchev–Trinajstić information content (AvgIpc) is 2.93. The molecule has 2 fully saturated rings. The van der Waals surface area contributed by atoms with E-state index in [1.165, 1.54) is 19.3 Å². The molecule has 1 N–H and O–H groups in total. The first-order valence-corrected chi connectivity index (χ1v) is 7.01. The largest absolute Gasteiger partial charge is 0.311 e. The molecule has 1 aliphatic carbocycles. The quantitative estimate of drug-likeness (QED) is 0.849. The second-order valence-electron chi connectivity index (χ2n) is 6.74. The molecule has 0 radical (unpaired) electrons. The number of rotatable bonds is 1. The van der Waals surface area contributed by atoms with Gasteiger partial charge in [0.15, 0.2) is 5.65 Å². The fourth-order valence-corrected chi connectivity index (χ4v) is 3.66. The second kappa shape index (κ2) is 3.54. The number of piperidine rings is 1. The minimum absolute atomic E-state index is 0.179. The fraction of sp³-hybridized carbons (Fsp3) is 0.643. The lowest BCUT2D eigenvalue weighted by molar-refractivity contribution is 0.172. The maximum atomic E-state index is 4.45. The lowest BCUT2D eigenvalue weighted by Crippen LogP contribution is -2.54. The van der Waals surface area contributed by atoms with E-state index < -0.39 is 0 Å². The molecule has 0 bridgehead atoms. The third-order valence-corrected chi connectivity index (χ3v) is 4.47. The Morgan fingerprint density at radius 2 is 2.16 bits per heavy atom. The first-order chi connectivity index (χ1) is 9.07. The summed E-state index contributed by atoms with van der Waals surface area (Å²) in [5.41, 5.74) is 2.40. The lowest BCUT2D eigenvalue weighted by Gasteiger charge is -2.42. The molecule has 1 saturated carbocycles. The number of hydrogen-bond acceptors (Lipinski definition) is 4. The Morgan fingerprint density at radius 3 is 2.95 bits per heavy atom. The van der Waals surface area contributed by atoms with Gasteiger partial charge in [-0.15, -0.1) is 5.10 Å². The van der Waals surface area contributed by atoms with E-state index in [4.69, 9.17) is 0 Å². The van der Waals surface area contributed by atoms with E-state index in [9.17, 15) is 0 Å². The molecule has 0 unspecified atom stereocenters. The highest BCUT2D eigenvalue weighted by atomic mass is 15.2. The van der Waals surface area contributed by atoms with Crippen molar-refractivity contribution in [1.29, 1.82) is 0 Å². The van der Waals surface area contributed by atoms with Gasteiger partial charge in [0.05, 0.1) is 12.5 Å². The van der Waals surface area contributed by atoms with E-state index in [0.29, 0.717) is 11.6 Å². The molecule has 5 heteroatoms. The van der Waals surface area contributed by atoms with Crippen molar-refractivity contribution in [3.05, 3.63) is 18.6 Å². The minimum Gasteiger partial charge on any atom is -0.311 e. The van der Waals surface area contributed by atoms with Crippen molar-refractivity contribution in [2.45, 2.75) is 56.7 Å². The van der Waals surface area contributed by atoms with Crippen LogP contribution in [0, 0.1) is 0 Å². The highest BCUT2D eigenvalue weighted by Gasteiger charge is 2.51. The molecule has 100 valence electrons. The highest BCUT2D eigenvalue weighted by Crippen LogP contribution is 2.49. The third kappa shape index (κ3) is 1.84. The van der Waals surface area contributed by atoms with Crippen molar-refractivity contribution in [3.63, 3.8) is 0 Å². The van der Waals surface area contributed by atoms with Gasteiger partial charge in [-0.3, -0.25) is 0 Å². The van der Waals surface area contributed by atoms with Gasteiger partial charge in [-0.2, -0.15) is 5.10 Å². The lowest BCUT2D eigenvalue weighted by atomic mass is 9.84. The Kier molecular flexibility index (Phi) is 2.11. The number of imidazole rings is 1. The Bertz CT molecular complexity index is 620. The summed E-state index contributed by atoms with van der Waals surface area (Å²) in [4.78, 5) is 4.45. The van der Waals surface area contributed by atoms with Crippen LogP contribution >= 0.6 is 0 Å². The molecule has 4 rings (SSSR count). The van der Waals surface area contributed by atoms with Gasteiger partial charge >= 0.3 is 0 Å². The Balaban J connectivity index is 1.75. The van der Waals surface area contributed by atoms with Crippen LogP contribution < -0.4 is 5.32 Å². The van der Waals surface area contributed by atoms with Gasteiger partial charge in [0.25, 0.3) is 0 Å². The molecule has 1 saturated heterocycles. The van der Waals surface area contributed by atoms with E-state index in [0.717, 1.165) is 17.6 Å². The monoisotopic (exact) mass is 257 g/mol. The van der Waals surface area contributed by atoms with Crippen molar-refractivity contribution in [3.8, 4) is 0 Å². The summed E-state index contributed by atoms with van der Waals surface area (Å²) >= 11 is 0. The summed E-state index contributed by atoms with van der Waals surface area (Å²) < 4.78 is 2.23. The zero-order chi connectivity index (χ0) is 13.1. The van der Waals surface area contributed by atoms with Crippen molar-refractivity contribution < 1.29 is 0 Å². The molecule has 19 heavy (non-hydrogen) atoms. The van der Waals surface area contributed by atoms with Gasteiger partial charge in [0.2, 0.25) is 0 Å². The zero-order valence-electron chi connectivity index (χ0n) is 11.4. The molecule has 2 aromatic rings. The Morgan fingerprint density at radius 1 is 1.32 bits per heavy atom. The predicted octanol–water partition coefficient (Wildman–Crippen LogP) is 2.06. The van der Waals surface area contributed by atoms with Gasteiger partial charge in [0, 0.05) is 17.1 Å². The van der Waals surface area contributed by atoms with E-state index in [1.807, 2.05) is 12.4 Å². The van der Waals surface area contributed by atoms with Gasteiger partial charge in [0.1, 0.15) is 5.52 Å². The average molecular weight is 257 g/mol. The number of nitrogens with zero attached hydrogens (tertiary/aromatic N) is 4. The molecule has 5 nitrogen and oxygen atoms in total. The summed E-state index contributed by atoms with van der Waals surface area (Å²) in [6.07, 6.45) is 8.52. The van der Waals surface area contributed by atoms with E-state index in [-0.39, 0.29) is 5.54 Å². The Labute approximate surface area is 112 Å². The molecule has 0 aromatic carbocycles. The molecule has 1 atom stereocenters. The number of nitrogens with one attached hydrogen (secondary N) is 1. The molecule has 2 aromatic heterocycles.